The van der Waals surface area contributed by atoms with Crippen LogP contribution in [-0.4, -0.2) is 50.8 Å². The molecule has 0 aromatic heterocycles. The van der Waals surface area contributed by atoms with Gasteiger partial charge in [-0.3, -0.25) is 0 Å². The van der Waals surface area contributed by atoms with Gasteiger partial charge in [-0.2, -0.15) is 0 Å². The number of nitrogens with zero attached hydrogens (tertiary/aromatic N) is 1. The lowest BCUT2D eigenvalue weighted by atomic mass is 10.0. The molecule has 0 aromatic rings. The van der Waals surface area contributed by atoms with Crippen LogP contribution >= 0.6 is 0 Å². The molecular formula is C14H30N2O. The number of ether oxygens (including phenoxy) is 1. The highest BCUT2D eigenvalue weighted by Gasteiger charge is 2.17. The fourth-order valence-corrected chi connectivity index (χ4v) is 2.40. The number of hydrogen-bond acceptors (Lipinski definition) is 3. The molecule has 1 aliphatic heterocycles. The molecule has 102 valence electrons. The maximum absolute atomic E-state index is 5.51. The Morgan fingerprint density at radius 2 is 2.12 bits per heavy atom. The van der Waals surface area contributed by atoms with Gasteiger partial charge in [-0.15, -0.1) is 0 Å². The highest BCUT2D eigenvalue weighted by Crippen LogP contribution is 2.16. The molecule has 0 spiro atoms. The second-order valence-corrected chi connectivity index (χ2v) is 5.13. The van der Waals surface area contributed by atoms with E-state index in [0.717, 1.165) is 32.3 Å². The van der Waals surface area contributed by atoms with E-state index in [1.807, 2.05) is 0 Å². The molecular weight excluding hydrogens is 212 g/mol. The van der Waals surface area contributed by atoms with Gasteiger partial charge in [-0.05, 0) is 45.8 Å². The SMILES string of the molecule is CCCCOCCNCCC1CCCCN1C. The smallest absolute Gasteiger partial charge is 0.0590 e. The number of unbranched alkanes of at least 4 members (excludes halogenated alkanes) is 1. The van der Waals surface area contributed by atoms with E-state index >= 15 is 0 Å². The van der Waals surface area contributed by atoms with Crippen LogP contribution in [0.4, 0.5) is 0 Å². The van der Waals surface area contributed by atoms with Gasteiger partial charge in [0.1, 0.15) is 0 Å². The minimum atomic E-state index is 0.803. The fourth-order valence-electron chi connectivity index (χ4n) is 2.40. The summed E-state index contributed by atoms with van der Waals surface area (Å²) in [4.78, 5) is 2.52. The molecule has 17 heavy (non-hydrogen) atoms. The summed E-state index contributed by atoms with van der Waals surface area (Å²) in [7, 11) is 2.26. The summed E-state index contributed by atoms with van der Waals surface area (Å²) in [6.07, 6.45) is 7.87. The van der Waals surface area contributed by atoms with Crippen LogP contribution < -0.4 is 5.32 Å². The summed E-state index contributed by atoms with van der Waals surface area (Å²) >= 11 is 0. The number of likely N-dealkylation sites (tertiary alicyclic amines) is 1. The molecule has 1 atom stereocenters. The first-order valence-corrected chi connectivity index (χ1v) is 7.33. The fraction of sp³-hybridized carbons (Fsp3) is 1.00. The second kappa shape index (κ2) is 9.86. The van der Waals surface area contributed by atoms with Gasteiger partial charge in [-0.1, -0.05) is 19.8 Å². The van der Waals surface area contributed by atoms with E-state index in [2.05, 4.69) is 24.2 Å². The third kappa shape index (κ3) is 7.02. The molecule has 0 bridgehead atoms. The zero-order valence-electron chi connectivity index (χ0n) is 11.7. The molecule has 3 heteroatoms. The maximum atomic E-state index is 5.51. The highest BCUT2D eigenvalue weighted by atomic mass is 16.5. The Morgan fingerprint density at radius 1 is 1.24 bits per heavy atom. The van der Waals surface area contributed by atoms with E-state index in [-0.39, 0.29) is 0 Å². The van der Waals surface area contributed by atoms with Gasteiger partial charge in [0.2, 0.25) is 0 Å². The summed E-state index contributed by atoms with van der Waals surface area (Å²) in [6.45, 7) is 7.39. The van der Waals surface area contributed by atoms with Crippen LogP contribution in [0.1, 0.15) is 45.4 Å². The number of piperidine rings is 1. The van der Waals surface area contributed by atoms with Crippen molar-refractivity contribution < 1.29 is 4.74 Å². The Balaban J connectivity index is 1.86. The Kier molecular flexibility index (Phi) is 8.67. The monoisotopic (exact) mass is 242 g/mol. The van der Waals surface area contributed by atoms with E-state index in [4.69, 9.17) is 4.74 Å². The lowest BCUT2D eigenvalue weighted by Gasteiger charge is -2.32. The molecule has 1 aliphatic rings. The van der Waals surface area contributed by atoms with Crippen LogP contribution in [0.3, 0.4) is 0 Å². The van der Waals surface area contributed by atoms with Gasteiger partial charge in [0, 0.05) is 19.2 Å². The third-order valence-corrected chi connectivity index (χ3v) is 3.64. The molecule has 1 rings (SSSR count). The molecule has 0 aliphatic carbocycles. The number of nitrogens with one attached hydrogen (secondary N) is 1. The molecule has 1 fully saturated rings. The summed E-state index contributed by atoms with van der Waals surface area (Å²) in [6, 6.07) is 0.803. The molecule has 0 amide bonds. The van der Waals surface area contributed by atoms with Crippen molar-refractivity contribution in [1.29, 1.82) is 0 Å². The second-order valence-electron chi connectivity index (χ2n) is 5.13. The average molecular weight is 242 g/mol. The Hall–Kier alpha value is -0.120. The highest BCUT2D eigenvalue weighted by molar-refractivity contribution is 4.74. The first kappa shape index (κ1) is 14.9. The molecule has 1 N–H and O–H groups in total. The average Bonchev–Trinajstić information content (AvgIpc) is 2.35. The molecule has 3 nitrogen and oxygen atoms in total. The Labute approximate surface area is 107 Å². The Morgan fingerprint density at radius 3 is 2.88 bits per heavy atom. The quantitative estimate of drug-likeness (QED) is 0.628. The van der Waals surface area contributed by atoms with E-state index < -0.39 is 0 Å². The summed E-state index contributed by atoms with van der Waals surface area (Å²) in [5, 5.41) is 3.48. The van der Waals surface area contributed by atoms with Crippen LogP contribution in [0.15, 0.2) is 0 Å². The van der Waals surface area contributed by atoms with E-state index in [1.165, 1.54) is 45.1 Å². The van der Waals surface area contributed by atoms with Gasteiger partial charge in [0.05, 0.1) is 6.61 Å². The first-order valence-electron chi connectivity index (χ1n) is 7.33. The summed E-state index contributed by atoms with van der Waals surface area (Å²) in [5.41, 5.74) is 0. The van der Waals surface area contributed by atoms with Crippen molar-refractivity contribution in [2.45, 2.75) is 51.5 Å². The maximum Gasteiger partial charge on any atom is 0.0590 e. The molecule has 0 saturated carbocycles. The number of rotatable bonds is 9. The summed E-state index contributed by atoms with van der Waals surface area (Å²) < 4.78 is 5.51. The van der Waals surface area contributed by atoms with Crippen molar-refractivity contribution in [3.8, 4) is 0 Å². The van der Waals surface area contributed by atoms with Gasteiger partial charge < -0.3 is 15.0 Å². The minimum Gasteiger partial charge on any atom is -0.380 e. The van der Waals surface area contributed by atoms with Crippen LogP contribution in [0, 0.1) is 0 Å². The molecule has 0 aromatic carbocycles. The third-order valence-electron chi connectivity index (χ3n) is 3.64. The molecule has 1 unspecified atom stereocenters. The predicted molar refractivity (Wildman–Crippen MR) is 73.5 cm³/mol. The van der Waals surface area contributed by atoms with Gasteiger partial charge in [0.15, 0.2) is 0 Å². The van der Waals surface area contributed by atoms with Crippen molar-refractivity contribution in [3.05, 3.63) is 0 Å². The van der Waals surface area contributed by atoms with E-state index in [1.54, 1.807) is 0 Å². The van der Waals surface area contributed by atoms with Crippen LogP contribution in [0.2, 0.25) is 0 Å². The normalized spacial score (nSPS) is 21.9. The van der Waals surface area contributed by atoms with Crippen LogP contribution in [0.5, 0.6) is 0 Å². The topological polar surface area (TPSA) is 24.5 Å². The van der Waals surface area contributed by atoms with Crippen molar-refractivity contribution in [3.63, 3.8) is 0 Å². The molecule has 1 saturated heterocycles. The van der Waals surface area contributed by atoms with Crippen LogP contribution in [0.25, 0.3) is 0 Å². The van der Waals surface area contributed by atoms with E-state index in [0.29, 0.717) is 0 Å². The minimum absolute atomic E-state index is 0.803. The van der Waals surface area contributed by atoms with Crippen LogP contribution in [-0.2, 0) is 4.74 Å². The molecule has 0 radical (unpaired) electrons. The van der Waals surface area contributed by atoms with Gasteiger partial charge in [0.25, 0.3) is 0 Å². The number of hydrogen-bond donors (Lipinski definition) is 1. The zero-order chi connectivity index (χ0) is 12.3. The van der Waals surface area contributed by atoms with Crippen molar-refractivity contribution in [1.82, 2.24) is 10.2 Å². The lowest BCUT2D eigenvalue weighted by Crippen LogP contribution is -2.38. The van der Waals surface area contributed by atoms with Crippen molar-refractivity contribution >= 4 is 0 Å². The van der Waals surface area contributed by atoms with Gasteiger partial charge in [-0.25, -0.2) is 0 Å². The standard InChI is InChI=1S/C14H30N2O/c1-3-4-12-17-13-10-15-9-8-14-7-5-6-11-16(14)2/h14-15H,3-13H2,1-2H3. The molecule has 1 heterocycles. The zero-order valence-corrected chi connectivity index (χ0v) is 11.7. The lowest BCUT2D eigenvalue weighted by molar-refractivity contribution is 0.131. The Bertz CT molecular complexity index is 176. The van der Waals surface area contributed by atoms with Gasteiger partial charge >= 0.3 is 0 Å². The first-order chi connectivity index (χ1) is 8.34. The predicted octanol–water partition coefficient (Wildman–Crippen LogP) is 2.27. The van der Waals surface area contributed by atoms with Crippen molar-refractivity contribution in [2.24, 2.45) is 0 Å². The summed E-state index contributed by atoms with van der Waals surface area (Å²) in [5.74, 6) is 0. The largest absolute Gasteiger partial charge is 0.380 e. The van der Waals surface area contributed by atoms with E-state index in [9.17, 15) is 0 Å². The van der Waals surface area contributed by atoms with Crippen molar-refractivity contribution in [2.75, 3.05) is 39.9 Å².